The van der Waals surface area contributed by atoms with Crippen LogP contribution in [-0.4, -0.2) is 82.1 Å². The van der Waals surface area contributed by atoms with Gasteiger partial charge in [0.25, 0.3) is 0 Å². The summed E-state index contributed by atoms with van der Waals surface area (Å²) in [6.45, 7) is 7.85. The lowest BCUT2D eigenvalue weighted by Gasteiger charge is -2.73. The van der Waals surface area contributed by atoms with Gasteiger partial charge in [-0.15, -0.1) is 0 Å². The summed E-state index contributed by atoms with van der Waals surface area (Å²) in [7, 11) is 0. The number of ketones is 1. The Hall–Kier alpha value is -2.31. The Labute approximate surface area is 237 Å². The van der Waals surface area contributed by atoms with E-state index in [4.69, 9.17) is 23.4 Å². The van der Waals surface area contributed by atoms with Crippen molar-refractivity contribution in [2.45, 2.75) is 102 Å². The fourth-order valence-corrected chi connectivity index (χ4v) is 11.0. The van der Waals surface area contributed by atoms with Crippen LogP contribution in [0.25, 0.3) is 0 Å². The molecule has 7 rings (SSSR count). The average molecular weight is 575 g/mol. The van der Waals surface area contributed by atoms with Gasteiger partial charge in [0.1, 0.15) is 11.7 Å². The summed E-state index contributed by atoms with van der Waals surface area (Å²) in [5.74, 6) is -3.56. The number of Topliss-reactive ketones (excluding diaryl/α,β-unsaturated/α-hetero) is 1. The van der Waals surface area contributed by atoms with Crippen LogP contribution in [-0.2, 0) is 33.3 Å². The number of carbonyl (C=O) groups is 3. The molecule has 2 bridgehead atoms. The van der Waals surface area contributed by atoms with E-state index in [0.29, 0.717) is 6.42 Å². The van der Waals surface area contributed by atoms with Crippen LogP contribution in [0.1, 0.15) is 65.4 Å². The molecule has 6 aliphatic rings. The third-order valence-electron chi connectivity index (χ3n) is 12.6. The van der Waals surface area contributed by atoms with E-state index in [2.05, 4.69) is 0 Å². The summed E-state index contributed by atoms with van der Waals surface area (Å²) in [6.07, 6.45) is -2.27. The Morgan fingerprint density at radius 3 is 2.32 bits per heavy atom. The van der Waals surface area contributed by atoms with Crippen molar-refractivity contribution in [2.75, 3.05) is 6.61 Å². The lowest BCUT2D eigenvalue weighted by molar-refractivity contribution is -0.373. The SMILES string of the molecule is CC(=O)O[C@@H]1C[C@H](O)[C@@]23CO[C@@H](O)[C@]1(C)[C@@H]2C[C@@H](O)[C@]1(C)[C@@H]3C(=O)[C@H](OC(C)=O)[C@@]2(C)[C@H](c3ccoc3)C[C@H]3O[C@@]321. The average Bonchev–Trinajstić information content (AvgIpc) is 3.26. The first-order chi connectivity index (χ1) is 19.2. The van der Waals surface area contributed by atoms with Gasteiger partial charge < -0.3 is 38.7 Å². The molecule has 3 N–H and O–H groups in total. The maximum absolute atomic E-state index is 15.0. The van der Waals surface area contributed by atoms with Crippen molar-refractivity contribution < 1.29 is 53.1 Å². The molecular weight excluding hydrogens is 536 g/mol. The van der Waals surface area contributed by atoms with E-state index in [1.165, 1.54) is 13.8 Å². The highest BCUT2D eigenvalue weighted by molar-refractivity contribution is 5.93. The van der Waals surface area contributed by atoms with Crippen LogP contribution in [0.2, 0.25) is 0 Å². The van der Waals surface area contributed by atoms with Crippen molar-refractivity contribution in [1.82, 2.24) is 0 Å². The number of ether oxygens (including phenoxy) is 4. The van der Waals surface area contributed by atoms with Gasteiger partial charge in [-0.3, -0.25) is 14.4 Å². The molecule has 224 valence electrons. The van der Waals surface area contributed by atoms with Crippen LogP contribution in [0, 0.1) is 33.5 Å². The smallest absolute Gasteiger partial charge is 0.303 e. The minimum atomic E-state index is -1.36. The predicted octanol–water partition coefficient (Wildman–Crippen LogP) is 1.47. The van der Waals surface area contributed by atoms with Crippen molar-refractivity contribution in [1.29, 1.82) is 0 Å². The highest BCUT2D eigenvalue weighted by Gasteiger charge is 2.92. The molecule has 4 saturated carbocycles. The van der Waals surface area contributed by atoms with Gasteiger partial charge in [0, 0.05) is 42.9 Å². The molecule has 0 radical (unpaired) electrons. The zero-order chi connectivity index (χ0) is 29.5. The van der Waals surface area contributed by atoms with Crippen LogP contribution in [0.15, 0.2) is 23.0 Å². The maximum atomic E-state index is 15.0. The molecule has 14 atom stereocenters. The van der Waals surface area contributed by atoms with Crippen molar-refractivity contribution >= 4 is 17.7 Å². The zero-order valence-corrected chi connectivity index (χ0v) is 23.9. The first kappa shape index (κ1) is 27.5. The third-order valence-corrected chi connectivity index (χ3v) is 12.6. The van der Waals surface area contributed by atoms with Crippen LogP contribution in [0.5, 0.6) is 0 Å². The van der Waals surface area contributed by atoms with Crippen molar-refractivity contribution in [3.05, 3.63) is 24.2 Å². The molecule has 1 aromatic heterocycles. The van der Waals surface area contributed by atoms with Crippen LogP contribution >= 0.6 is 0 Å². The number of fused-ring (bicyclic) bond motifs is 1. The van der Waals surface area contributed by atoms with Crippen LogP contribution in [0.4, 0.5) is 0 Å². The number of furan rings is 1. The quantitative estimate of drug-likeness (QED) is 0.354. The number of aliphatic hydroxyl groups is 3. The molecule has 0 aromatic carbocycles. The van der Waals surface area contributed by atoms with Gasteiger partial charge in [-0.2, -0.15) is 0 Å². The summed E-state index contributed by atoms with van der Waals surface area (Å²) in [5.41, 5.74) is -4.93. The molecule has 0 amide bonds. The summed E-state index contributed by atoms with van der Waals surface area (Å²) in [4.78, 5) is 39.7. The maximum Gasteiger partial charge on any atom is 0.303 e. The van der Waals surface area contributed by atoms with E-state index in [1.807, 2.05) is 19.9 Å². The minimum absolute atomic E-state index is 0.0205. The fourth-order valence-electron chi connectivity index (χ4n) is 11.0. The summed E-state index contributed by atoms with van der Waals surface area (Å²) in [6, 6.07) is 1.84. The van der Waals surface area contributed by atoms with E-state index >= 15 is 4.79 Å². The Kier molecular flexibility index (Phi) is 5.50. The molecule has 11 heteroatoms. The number of aliphatic hydroxyl groups excluding tert-OH is 3. The molecule has 0 unspecified atom stereocenters. The number of hydrogen-bond donors (Lipinski definition) is 3. The van der Waals surface area contributed by atoms with Gasteiger partial charge in [-0.05, 0) is 30.4 Å². The number of rotatable bonds is 3. The van der Waals surface area contributed by atoms with E-state index in [0.717, 1.165) is 5.56 Å². The van der Waals surface area contributed by atoms with Gasteiger partial charge in [-0.25, -0.2) is 0 Å². The number of carbonyl (C=O) groups excluding carboxylic acids is 3. The highest BCUT2D eigenvalue weighted by Crippen LogP contribution is 2.82. The molecule has 3 heterocycles. The Morgan fingerprint density at radius 2 is 1.68 bits per heavy atom. The van der Waals surface area contributed by atoms with Crippen LogP contribution in [0.3, 0.4) is 0 Å². The molecule has 4 aliphatic carbocycles. The Bertz CT molecular complexity index is 1310. The van der Waals surface area contributed by atoms with Gasteiger partial charge in [0.15, 0.2) is 18.2 Å². The predicted molar refractivity (Wildman–Crippen MR) is 137 cm³/mol. The van der Waals surface area contributed by atoms with Gasteiger partial charge in [0.05, 0.1) is 48.3 Å². The molecule has 1 spiro atoms. The van der Waals surface area contributed by atoms with Crippen molar-refractivity contribution in [3.8, 4) is 0 Å². The van der Waals surface area contributed by atoms with Crippen molar-refractivity contribution in [3.63, 3.8) is 0 Å². The molecule has 41 heavy (non-hydrogen) atoms. The van der Waals surface area contributed by atoms with Gasteiger partial charge in [-0.1, -0.05) is 20.8 Å². The second-order valence-corrected chi connectivity index (χ2v) is 13.9. The molecule has 1 aromatic rings. The van der Waals surface area contributed by atoms with Gasteiger partial charge >= 0.3 is 11.9 Å². The molecule has 6 fully saturated rings. The largest absolute Gasteiger partial charge is 0.472 e. The Balaban J connectivity index is 1.44. The number of epoxide rings is 1. The fraction of sp³-hybridized carbons (Fsp3) is 0.767. The second-order valence-electron chi connectivity index (χ2n) is 13.9. The Morgan fingerprint density at radius 1 is 0.976 bits per heavy atom. The summed E-state index contributed by atoms with van der Waals surface area (Å²) >= 11 is 0. The van der Waals surface area contributed by atoms with E-state index in [1.54, 1.807) is 19.5 Å². The van der Waals surface area contributed by atoms with Gasteiger partial charge in [0.2, 0.25) is 0 Å². The number of hydrogen-bond acceptors (Lipinski definition) is 11. The molecule has 11 nitrogen and oxygen atoms in total. The first-order valence-corrected chi connectivity index (χ1v) is 14.5. The standard InChI is InChI=1S/C30H38O11/c1-13(31)39-20-10-19(34)29-12-38-25(36)26(20,3)17(29)9-18(33)28(5)23(29)22(35)24(40-14(2)32)27(4)16(15-6-7-37-11-15)8-21-30(27,28)41-21/h6-7,11,16-21,23-25,33-34,36H,8-10,12H2,1-5H3/t16-,17-,18+,19-,20+,21+,23-,24-,25+,26+,27+,28+,29+,30-/m0/s1. The summed E-state index contributed by atoms with van der Waals surface area (Å²) in [5, 5.41) is 35.4. The monoisotopic (exact) mass is 574 g/mol. The van der Waals surface area contributed by atoms with E-state index in [-0.39, 0.29) is 31.5 Å². The third kappa shape index (κ3) is 2.85. The van der Waals surface area contributed by atoms with Crippen LogP contribution < -0.4 is 0 Å². The number of esters is 2. The molecule has 2 aliphatic heterocycles. The minimum Gasteiger partial charge on any atom is -0.472 e. The van der Waals surface area contributed by atoms with E-state index < -0.39 is 87.5 Å². The normalized spacial score (nSPS) is 54.7. The van der Waals surface area contributed by atoms with E-state index in [9.17, 15) is 24.9 Å². The lowest BCUT2D eigenvalue weighted by Crippen LogP contribution is -2.82. The lowest BCUT2D eigenvalue weighted by atomic mass is 9.33. The zero-order valence-electron chi connectivity index (χ0n) is 23.9. The summed E-state index contributed by atoms with van der Waals surface area (Å²) < 4.78 is 29.5. The topological polar surface area (TPSA) is 165 Å². The first-order valence-electron chi connectivity index (χ1n) is 14.5. The highest BCUT2D eigenvalue weighted by atomic mass is 16.6. The second kappa shape index (κ2) is 8.19. The van der Waals surface area contributed by atoms with Crippen molar-refractivity contribution in [2.24, 2.45) is 33.5 Å². The molecular formula is C30H38O11. The molecule has 2 saturated heterocycles.